The molecular weight excluding hydrogens is 411 g/mol. The molecule has 1 amide bonds. The fourth-order valence-corrected chi connectivity index (χ4v) is 4.73. The van der Waals surface area contributed by atoms with Crippen molar-refractivity contribution in [1.82, 2.24) is 10.2 Å². The second-order valence-electron chi connectivity index (χ2n) is 8.32. The molecule has 3 rings (SSSR count). The van der Waals surface area contributed by atoms with Crippen molar-refractivity contribution in [3.63, 3.8) is 0 Å². The van der Waals surface area contributed by atoms with E-state index in [1.165, 1.54) is 4.90 Å². The normalized spacial score (nSPS) is 23.5. The molecule has 0 saturated heterocycles. The number of ether oxygens (including phenoxy) is 1. The van der Waals surface area contributed by atoms with Gasteiger partial charge in [0.2, 0.25) is 5.72 Å². The molecule has 29 heavy (non-hydrogen) atoms. The maximum Gasteiger partial charge on any atom is 0.269 e. The maximum atomic E-state index is 12.6. The van der Waals surface area contributed by atoms with Crippen LogP contribution >= 0.6 is 23.2 Å². The smallest absolute Gasteiger partial charge is 0.269 e. The summed E-state index contributed by atoms with van der Waals surface area (Å²) in [5.41, 5.74) is 0.414. The van der Waals surface area contributed by atoms with Crippen LogP contribution in [0.2, 0.25) is 0 Å². The Bertz CT molecular complexity index is 825. The highest BCUT2D eigenvalue weighted by Gasteiger charge is 2.61. The lowest BCUT2D eigenvalue weighted by atomic mass is 9.94. The summed E-state index contributed by atoms with van der Waals surface area (Å²) in [7, 11) is 1.65. The maximum absolute atomic E-state index is 12.6. The molecule has 2 heterocycles. The van der Waals surface area contributed by atoms with Gasteiger partial charge in [-0.25, -0.2) is 0 Å². The third kappa shape index (κ3) is 3.73. The summed E-state index contributed by atoms with van der Waals surface area (Å²) in [5, 5.41) is 14.2. The number of hydrogen-bond acceptors (Lipinski definition) is 4. The summed E-state index contributed by atoms with van der Waals surface area (Å²) < 4.78 is 6.44. The van der Waals surface area contributed by atoms with Crippen LogP contribution in [0.25, 0.3) is 0 Å². The van der Waals surface area contributed by atoms with E-state index in [-0.39, 0.29) is 27.8 Å². The second-order valence-corrected chi connectivity index (χ2v) is 9.07. The number of nitrogens with zero attached hydrogens (tertiary/aromatic N) is 1. The van der Waals surface area contributed by atoms with Crippen LogP contribution in [0.5, 0.6) is 11.5 Å². The first kappa shape index (κ1) is 22.3. The van der Waals surface area contributed by atoms with Gasteiger partial charge in [-0.05, 0) is 37.4 Å². The zero-order chi connectivity index (χ0) is 21.3. The quantitative estimate of drug-likeness (QED) is 0.555. The Balaban J connectivity index is 2.05. The van der Waals surface area contributed by atoms with Crippen LogP contribution in [0.15, 0.2) is 22.2 Å². The fourth-order valence-electron chi connectivity index (χ4n) is 4.11. The summed E-state index contributed by atoms with van der Waals surface area (Å²) in [4.78, 5) is 14.1. The Labute approximate surface area is 183 Å². The molecule has 0 saturated carbocycles. The Kier molecular flexibility index (Phi) is 6.71. The molecule has 0 aromatic heterocycles. The van der Waals surface area contributed by atoms with E-state index < -0.39 is 5.72 Å². The molecule has 0 radical (unpaired) electrons. The number of carbonyl (C=O) groups excluding carboxylic acids is 1. The van der Waals surface area contributed by atoms with Crippen LogP contribution in [0.4, 0.5) is 0 Å². The van der Waals surface area contributed by atoms with E-state index in [1.54, 1.807) is 13.1 Å². The molecule has 2 unspecified atom stereocenters. The lowest BCUT2D eigenvalue weighted by Crippen LogP contribution is -2.55. The number of aromatic hydroxyl groups is 1. The largest absolute Gasteiger partial charge is 0.508 e. The first-order valence-corrected chi connectivity index (χ1v) is 11.1. The number of nitrogens with one attached hydrogen (secondary N) is 1. The van der Waals surface area contributed by atoms with Crippen LogP contribution in [0.1, 0.15) is 63.6 Å². The number of rotatable bonds is 8. The lowest BCUT2D eigenvalue weighted by molar-refractivity contribution is -0.136. The van der Waals surface area contributed by atoms with E-state index in [0.717, 1.165) is 36.8 Å². The number of phenols is 1. The summed E-state index contributed by atoms with van der Waals surface area (Å²) in [6.45, 7) is 7.10. The number of amides is 1. The molecule has 1 spiro atoms. The predicted molar refractivity (Wildman–Crippen MR) is 116 cm³/mol. The monoisotopic (exact) mass is 440 g/mol. The third-order valence-corrected chi connectivity index (χ3v) is 6.64. The number of hydrogen-bond donors (Lipinski definition) is 2. The van der Waals surface area contributed by atoms with Gasteiger partial charge >= 0.3 is 0 Å². The number of phenolic OH excluding ortho intramolecular Hbond substituents is 1. The number of carbonyl (C=O) groups is 1. The minimum Gasteiger partial charge on any atom is -0.508 e. The van der Waals surface area contributed by atoms with Gasteiger partial charge in [0, 0.05) is 18.2 Å². The van der Waals surface area contributed by atoms with E-state index in [0.29, 0.717) is 24.6 Å². The first-order valence-electron chi connectivity index (χ1n) is 10.4. The van der Waals surface area contributed by atoms with Crippen molar-refractivity contribution in [2.75, 3.05) is 13.6 Å². The highest BCUT2D eigenvalue weighted by molar-refractivity contribution is 6.50. The van der Waals surface area contributed by atoms with E-state index >= 15 is 0 Å². The van der Waals surface area contributed by atoms with E-state index in [1.807, 2.05) is 6.07 Å². The molecule has 2 aliphatic heterocycles. The number of likely N-dealkylation sites (N-methyl/N-ethyl adjacent to an activating group) is 1. The average Bonchev–Trinajstić information content (AvgIpc) is 3.10. The molecule has 2 N–H and O–H groups in total. The molecule has 2 atom stereocenters. The number of fused-ring (bicyclic) bond motifs is 1. The van der Waals surface area contributed by atoms with Crippen LogP contribution in [0.3, 0.4) is 0 Å². The Morgan fingerprint density at radius 1 is 1.28 bits per heavy atom. The van der Waals surface area contributed by atoms with Gasteiger partial charge in [-0.2, -0.15) is 0 Å². The van der Waals surface area contributed by atoms with Gasteiger partial charge in [0.25, 0.3) is 5.91 Å². The van der Waals surface area contributed by atoms with E-state index in [2.05, 4.69) is 26.1 Å². The predicted octanol–water partition coefficient (Wildman–Crippen LogP) is 5.05. The van der Waals surface area contributed by atoms with Crippen molar-refractivity contribution in [3.8, 4) is 11.5 Å². The van der Waals surface area contributed by atoms with Crippen molar-refractivity contribution in [1.29, 1.82) is 0 Å². The van der Waals surface area contributed by atoms with Crippen molar-refractivity contribution < 1.29 is 14.6 Å². The molecule has 2 aliphatic rings. The Hall–Kier alpha value is -1.43. The zero-order valence-corrected chi connectivity index (χ0v) is 19.0. The number of unbranched alkanes of at least 4 members (excludes halogenated alkanes) is 3. The van der Waals surface area contributed by atoms with E-state index in [4.69, 9.17) is 27.9 Å². The second kappa shape index (κ2) is 8.75. The van der Waals surface area contributed by atoms with Gasteiger partial charge < -0.3 is 15.2 Å². The minimum absolute atomic E-state index is 0.0213. The van der Waals surface area contributed by atoms with Crippen LogP contribution in [-0.2, 0) is 11.2 Å². The summed E-state index contributed by atoms with van der Waals surface area (Å²) in [6.07, 6.45) is 5.04. The van der Waals surface area contributed by atoms with E-state index in [9.17, 15) is 9.90 Å². The molecule has 1 aromatic carbocycles. The molecule has 0 fully saturated rings. The molecule has 0 bridgehead atoms. The van der Waals surface area contributed by atoms with Gasteiger partial charge in [0.05, 0.1) is 0 Å². The van der Waals surface area contributed by atoms with Crippen LogP contribution < -0.4 is 10.1 Å². The van der Waals surface area contributed by atoms with Gasteiger partial charge in [-0.3, -0.25) is 9.69 Å². The summed E-state index contributed by atoms with van der Waals surface area (Å²) in [6, 6.07) is 3.17. The summed E-state index contributed by atoms with van der Waals surface area (Å²) in [5.74, 6) is 0.835. The van der Waals surface area contributed by atoms with Gasteiger partial charge in [0.15, 0.2) is 0 Å². The molecule has 0 aliphatic carbocycles. The van der Waals surface area contributed by atoms with Crippen molar-refractivity contribution in [3.05, 3.63) is 33.3 Å². The minimum atomic E-state index is -1.24. The molecule has 1 aromatic rings. The first-order chi connectivity index (χ1) is 13.8. The average molecular weight is 441 g/mol. The van der Waals surface area contributed by atoms with Crippen LogP contribution in [0, 0.1) is 5.92 Å². The Morgan fingerprint density at radius 2 is 2.00 bits per heavy atom. The van der Waals surface area contributed by atoms with Gasteiger partial charge in [0.1, 0.15) is 27.6 Å². The molecular formula is C22H30Cl2N2O3. The topological polar surface area (TPSA) is 61.8 Å². The highest BCUT2D eigenvalue weighted by atomic mass is 35.5. The molecule has 5 nitrogen and oxygen atoms in total. The molecule has 7 heteroatoms. The van der Waals surface area contributed by atoms with Crippen molar-refractivity contribution in [2.45, 2.75) is 64.6 Å². The summed E-state index contributed by atoms with van der Waals surface area (Å²) >= 11 is 12.8. The van der Waals surface area contributed by atoms with Crippen LogP contribution in [-0.4, -0.2) is 35.2 Å². The van der Waals surface area contributed by atoms with Gasteiger partial charge in [-0.15, -0.1) is 0 Å². The molecule has 160 valence electrons. The SMILES string of the molecule is CCCCCCc1c(O)ccc2c1OC1(C(Cl)=C(Cl)C(=O)N1C)C2NCC(C)C. The Morgan fingerprint density at radius 3 is 2.59 bits per heavy atom. The van der Waals surface area contributed by atoms with Gasteiger partial charge in [-0.1, -0.05) is 63.2 Å². The third-order valence-electron chi connectivity index (χ3n) is 5.73. The van der Waals surface area contributed by atoms with Crippen molar-refractivity contribution >= 4 is 29.1 Å². The zero-order valence-electron chi connectivity index (χ0n) is 17.5. The fraction of sp³-hybridized carbons (Fsp3) is 0.591. The number of benzene rings is 1. The standard InChI is InChI=1S/C22H30Cl2N2O3/c1-5-6-7-8-9-14-16(27)11-10-15-18(14)29-22(20(15)25-12-13(2)3)19(24)17(23)21(28)26(22)4/h10-11,13,20,25,27H,5-9,12H2,1-4H3. The lowest BCUT2D eigenvalue weighted by Gasteiger charge is -2.37. The highest BCUT2D eigenvalue weighted by Crippen LogP contribution is 2.56. The van der Waals surface area contributed by atoms with Crippen molar-refractivity contribution in [2.24, 2.45) is 5.92 Å². The number of halogens is 2.